The molecule has 0 spiro atoms. The summed E-state index contributed by atoms with van der Waals surface area (Å²) in [7, 11) is 0. The number of aliphatic hydroxyl groups is 1. The average molecular weight is 280 g/mol. The lowest BCUT2D eigenvalue weighted by Gasteiger charge is -2.36. The Hall–Kier alpha value is -1.59. The Bertz CT molecular complexity index is 581. The molecule has 0 saturated heterocycles. The zero-order valence-electron chi connectivity index (χ0n) is 10.3. The van der Waals surface area contributed by atoms with Crippen molar-refractivity contribution in [2.24, 2.45) is 0 Å². The van der Waals surface area contributed by atoms with Crippen LogP contribution in [0.2, 0.25) is 5.02 Å². The van der Waals surface area contributed by atoms with Crippen LogP contribution in [0, 0.1) is 0 Å². The molecular weight excluding hydrogens is 266 g/mol. The second-order valence-corrected chi connectivity index (χ2v) is 5.30. The van der Waals surface area contributed by atoms with Crippen LogP contribution in [0.15, 0.2) is 28.8 Å². The van der Waals surface area contributed by atoms with E-state index in [0.717, 1.165) is 24.8 Å². The molecule has 1 heterocycles. The second-order valence-electron chi connectivity index (χ2n) is 4.86. The fourth-order valence-electron chi connectivity index (χ4n) is 2.04. The van der Waals surface area contributed by atoms with E-state index >= 15 is 0 Å². The smallest absolute Gasteiger partial charge is 0.321 e. The molecule has 0 atom stereocenters. The van der Waals surface area contributed by atoms with Crippen molar-refractivity contribution in [2.45, 2.75) is 24.9 Å². The number of hydrogen-bond acceptors (Lipinski definition) is 5. The van der Waals surface area contributed by atoms with Gasteiger partial charge in [0.25, 0.3) is 0 Å². The number of aromatic nitrogens is 2. The lowest BCUT2D eigenvalue weighted by molar-refractivity contribution is -0.0206. The highest BCUT2D eigenvalue weighted by Gasteiger charge is 2.34. The van der Waals surface area contributed by atoms with Gasteiger partial charge in [-0.25, -0.2) is 0 Å². The summed E-state index contributed by atoms with van der Waals surface area (Å²) >= 11 is 5.91. The summed E-state index contributed by atoms with van der Waals surface area (Å²) in [5.41, 5.74) is 0.177. The lowest BCUT2D eigenvalue weighted by atomic mass is 9.80. The molecule has 0 radical (unpaired) electrons. The highest BCUT2D eigenvalue weighted by molar-refractivity contribution is 6.30. The Morgan fingerprint density at radius 3 is 2.95 bits per heavy atom. The molecule has 2 N–H and O–H groups in total. The Balaban J connectivity index is 1.69. The van der Waals surface area contributed by atoms with Crippen LogP contribution >= 0.6 is 11.6 Å². The highest BCUT2D eigenvalue weighted by atomic mass is 35.5. The summed E-state index contributed by atoms with van der Waals surface area (Å²) in [6, 6.07) is 7.57. The van der Waals surface area contributed by atoms with Gasteiger partial charge < -0.3 is 14.9 Å². The summed E-state index contributed by atoms with van der Waals surface area (Å²) in [5.74, 6) is 0.477. The van der Waals surface area contributed by atoms with Crippen molar-refractivity contribution in [2.75, 3.05) is 11.9 Å². The molecule has 1 aromatic carbocycles. The van der Waals surface area contributed by atoms with Gasteiger partial charge in [0.15, 0.2) is 0 Å². The molecular formula is C13H14ClN3O2. The maximum Gasteiger partial charge on any atom is 0.321 e. The standard InChI is InChI=1S/C13H14ClN3O2/c14-10-4-1-3-9(7-10)11-16-12(19-17-11)15-8-13(18)5-2-6-13/h1,3-4,7,18H,2,5-6,8H2,(H,15,16,17). The van der Waals surface area contributed by atoms with Crippen molar-refractivity contribution in [3.8, 4) is 11.4 Å². The maximum atomic E-state index is 9.96. The number of rotatable bonds is 4. The van der Waals surface area contributed by atoms with Gasteiger partial charge in [-0.15, -0.1) is 0 Å². The number of nitrogens with one attached hydrogen (secondary N) is 1. The normalized spacial score (nSPS) is 16.9. The first-order valence-corrected chi connectivity index (χ1v) is 6.58. The zero-order chi connectivity index (χ0) is 13.3. The Morgan fingerprint density at radius 1 is 1.42 bits per heavy atom. The van der Waals surface area contributed by atoms with Gasteiger partial charge in [-0.2, -0.15) is 4.98 Å². The van der Waals surface area contributed by atoms with Gasteiger partial charge in [-0.3, -0.25) is 0 Å². The summed E-state index contributed by atoms with van der Waals surface area (Å²) in [5, 5.41) is 17.4. The molecule has 1 aromatic heterocycles. The summed E-state index contributed by atoms with van der Waals surface area (Å²) < 4.78 is 5.10. The molecule has 1 fully saturated rings. The van der Waals surface area contributed by atoms with E-state index in [4.69, 9.17) is 16.1 Å². The fourth-order valence-corrected chi connectivity index (χ4v) is 2.23. The molecule has 5 nitrogen and oxygen atoms in total. The minimum Gasteiger partial charge on any atom is -0.388 e. The van der Waals surface area contributed by atoms with Crippen LogP contribution in [-0.2, 0) is 0 Å². The molecule has 1 aliphatic carbocycles. The average Bonchev–Trinajstić information content (AvgIpc) is 2.83. The van der Waals surface area contributed by atoms with Crippen molar-refractivity contribution >= 4 is 17.6 Å². The Morgan fingerprint density at radius 2 is 2.26 bits per heavy atom. The lowest BCUT2D eigenvalue weighted by Crippen LogP contribution is -2.43. The van der Waals surface area contributed by atoms with Crippen LogP contribution in [0.5, 0.6) is 0 Å². The highest BCUT2D eigenvalue weighted by Crippen LogP contribution is 2.31. The first kappa shape index (κ1) is 12.4. The van der Waals surface area contributed by atoms with Crippen molar-refractivity contribution in [1.29, 1.82) is 0 Å². The minimum atomic E-state index is -0.620. The molecule has 0 unspecified atom stereocenters. The first-order valence-electron chi connectivity index (χ1n) is 6.21. The van der Waals surface area contributed by atoms with E-state index in [1.165, 1.54) is 0 Å². The monoisotopic (exact) mass is 279 g/mol. The minimum absolute atomic E-state index is 0.315. The number of halogens is 1. The van der Waals surface area contributed by atoms with Gasteiger partial charge in [0.2, 0.25) is 5.82 Å². The molecule has 6 heteroatoms. The first-order chi connectivity index (χ1) is 9.15. The van der Waals surface area contributed by atoms with Crippen LogP contribution in [0.3, 0.4) is 0 Å². The molecule has 0 aliphatic heterocycles. The Kier molecular flexibility index (Phi) is 3.16. The van der Waals surface area contributed by atoms with Gasteiger partial charge in [0.05, 0.1) is 5.60 Å². The predicted molar refractivity (Wildman–Crippen MR) is 72.0 cm³/mol. The molecule has 1 saturated carbocycles. The van der Waals surface area contributed by atoms with Gasteiger partial charge in [-0.05, 0) is 31.4 Å². The summed E-state index contributed by atoms with van der Waals surface area (Å²) in [4.78, 5) is 4.22. The fraction of sp³-hybridized carbons (Fsp3) is 0.385. The van der Waals surface area contributed by atoms with Crippen molar-refractivity contribution < 1.29 is 9.63 Å². The third kappa shape index (κ3) is 2.72. The molecule has 100 valence electrons. The third-order valence-electron chi connectivity index (χ3n) is 3.36. The number of hydrogen-bond donors (Lipinski definition) is 2. The molecule has 3 rings (SSSR count). The predicted octanol–water partition coefficient (Wildman–Crippen LogP) is 2.72. The van der Waals surface area contributed by atoms with E-state index in [-0.39, 0.29) is 0 Å². The topological polar surface area (TPSA) is 71.2 Å². The third-order valence-corrected chi connectivity index (χ3v) is 3.60. The number of nitrogens with zero attached hydrogens (tertiary/aromatic N) is 2. The van der Waals surface area contributed by atoms with Crippen LogP contribution in [0.25, 0.3) is 11.4 Å². The van der Waals surface area contributed by atoms with Crippen molar-refractivity contribution in [3.63, 3.8) is 0 Å². The van der Waals surface area contributed by atoms with E-state index in [9.17, 15) is 5.11 Å². The van der Waals surface area contributed by atoms with E-state index in [1.807, 2.05) is 12.1 Å². The largest absolute Gasteiger partial charge is 0.388 e. The van der Waals surface area contributed by atoms with Crippen LogP contribution in [0.4, 0.5) is 6.01 Å². The van der Waals surface area contributed by atoms with Crippen LogP contribution in [-0.4, -0.2) is 27.4 Å². The molecule has 1 aliphatic rings. The van der Waals surface area contributed by atoms with Gasteiger partial charge in [0, 0.05) is 17.1 Å². The van der Waals surface area contributed by atoms with E-state index in [1.54, 1.807) is 12.1 Å². The number of anilines is 1. The van der Waals surface area contributed by atoms with Crippen LogP contribution < -0.4 is 5.32 Å². The van der Waals surface area contributed by atoms with Crippen molar-refractivity contribution in [3.05, 3.63) is 29.3 Å². The van der Waals surface area contributed by atoms with Crippen LogP contribution in [0.1, 0.15) is 19.3 Å². The van der Waals surface area contributed by atoms with E-state index in [0.29, 0.717) is 23.4 Å². The van der Waals surface area contributed by atoms with Gasteiger partial charge in [-0.1, -0.05) is 28.9 Å². The second kappa shape index (κ2) is 4.83. The van der Waals surface area contributed by atoms with Gasteiger partial charge in [0.1, 0.15) is 0 Å². The molecule has 19 heavy (non-hydrogen) atoms. The van der Waals surface area contributed by atoms with E-state index < -0.39 is 5.60 Å². The maximum absolute atomic E-state index is 9.96. The molecule has 0 bridgehead atoms. The van der Waals surface area contributed by atoms with Crippen molar-refractivity contribution in [1.82, 2.24) is 10.1 Å². The van der Waals surface area contributed by atoms with Gasteiger partial charge >= 0.3 is 6.01 Å². The summed E-state index contributed by atoms with van der Waals surface area (Å²) in [6.07, 6.45) is 2.69. The quantitative estimate of drug-likeness (QED) is 0.900. The molecule has 2 aromatic rings. The SMILES string of the molecule is OC1(CNc2nc(-c3cccc(Cl)c3)no2)CCC1. The summed E-state index contributed by atoms with van der Waals surface area (Å²) in [6.45, 7) is 0.435. The number of benzene rings is 1. The Labute approximate surface area is 115 Å². The molecule has 0 amide bonds. The van der Waals surface area contributed by atoms with E-state index in [2.05, 4.69) is 15.5 Å². The zero-order valence-corrected chi connectivity index (χ0v) is 11.0.